The first kappa shape index (κ1) is 17.8. The van der Waals surface area contributed by atoms with Gasteiger partial charge in [-0.15, -0.1) is 0 Å². The quantitative estimate of drug-likeness (QED) is 0.589. The summed E-state index contributed by atoms with van der Waals surface area (Å²) in [6, 6.07) is 3.62. The van der Waals surface area contributed by atoms with E-state index in [2.05, 4.69) is 20.5 Å². The lowest BCUT2D eigenvalue weighted by Gasteiger charge is -2.37. The van der Waals surface area contributed by atoms with Crippen LogP contribution in [0, 0.1) is 0 Å². The molecule has 25 heavy (non-hydrogen) atoms. The highest BCUT2D eigenvalue weighted by molar-refractivity contribution is 5.86. The summed E-state index contributed by atoms with van der Waals surface area (Å²) >= 11 is 0. The largest absolute Gasteiger partial charge is 0.467 e. The summed E-state index contributed by atoms with van der Waals surface area (Å²) in [5.74, 6) is 1.33. The van der Waals surface area contributed by atoms with Crippen LogP contribution in [0.15, 0.2) is 27.8 Å². The number of hydrogen-bond acceptors (Lipinski definition) is 5. The number of rotatable bonds is 5. The molecule has 2 N–H and O–H groups in total. The number of furan rings is 1. The number of morpholine rings is 1. The van der Waals surface area contributed by atoms with Gasteiger partial charge in [0.1, 0.15) is 11.9 Å². The zero-order chi connectivity index (χ0) is 17.5. The van der Waals surface area contributed by atoms with Gasteiger partial charge in [0, 0.05) is 26.7 Å². The minimum absolute atomic E-state index is 0.0579. The van der Waals surface area contributed by atoms with Crippen LogP contribution in [0.3, 0.4) is 0 Å². The highest BCUT2D eigenvalue weighted by Gasteiger charge is 2.32. The first-order valence-electron chi connectivity index (χ1n) is 8.74. The second-order valence-corrected chi connectivity index (χ2v) is 6.16. The van der Waals surface area contributed by atoms with Crippen LogP contribution >= 0.6 is 0 Å². The van der Waals surface area contributed by atoms with Crippen molar-refractivity contribution in [3.63, 3.8) is 0 Å². The number of aliphatic imine (C=N–C) groups is 1. The predicted molar refractivity (Wildman–Crippen MR) is 92.2 cm³/mol. The van der Waals surface area contributed by atoms with E-state index in [0.717, 1.165) is 38.3 Å². The number of nitrogens with zero attached hydrogens (tertiary/aromatic N) is 2. The van der Waals surface area contributed by atoms with Crippen molar-refractivity contribution in [2.45, 2.75) is 31.6 Å². The van der Waals surface area contributed by atoms with Crippen molar-refractivity contribution in [3.05, 3.63) is 24.2 Å². The summed E-state index contributed by atoms with van der Waals surface area (Å²) in [4.78, 5) is 18.4. The topological polar surface area (TPSA) is 88.3 Å². The number of guanidine groups is 1. The van der Waals surface area contributed by atoms with E-state index < -0.39 is 0 Å². The smallest absolute Gasteiger partial charge is 0.239 e. The molecule has 2 unspecified atom stereocenters. The Labute approximate surface area is 147 Å². The maximum Gasteiger partial charge on any atom is 0.239 e. The van der Waals surface area contributed by atoms with Gasteiger partial charge in [0.2, 0.25) is 5.91 Å². The first-order valence-corrected chi connectivity index (χ1v) is 8.74. The molecule has 0 spiro atoms. The second kappa shape index (κ2) is 8.87. The summed E-state index contributed by atoms with van der Waals surface area (Å²) in [7, 11) is 1.72. The number of nitrogens with one attached hydrogen (secondary N) is 2. The maximum atomic E-state index is 12.0. The van der Waals surface area contributed by atoms with Gasteiger partial charge in [0.25, 0.3) is 0 Å². The maximum absolute atomic E-state index is 12.0. The summed E-state index contributed by atoms with van der Waals surface area (Å²) in [6.07, 6.45) is 3.94. The minimum Gasteiger partial charge on any atom is -0.467 e. The molecule has 2 atom stereocenters. The fourth-order valence-electron chi connectivity index (χ4n) is 3.14. The summed E-state index contributed by atoms with van der Waals surface area (Å²) in [6.45, 7) is 3.46. The minimum atomic E-state index is -0.110. The summed E-state index contributed by atoms with van der Waals surface area (Å²) in [5.41, 5.74) is 0. The molecule has 2 saturated heterocycles. The fraction of sp³-hybridized carbons (Fsp3) is 0.647. The second-order valence-electron chi connectivity index (χ2n) is 6.16. The highest BCUT2D eigenvalue weighted by Crippen LogP contribution is 2.20. The van der Waals surface area contributed by atoms with Crippen LogP contribution in [0.2, 0.25) is 0 Å². The van der Waals surface area contributed by atoms with Crippen LogP contribution in [0.25, 0.3) is 0 Å². The first-order chi connectivity index (χ1) is 12.3. The lowest BCUT2D eigenvalue weighted by Crippen LogP contribution is -2.54. The van der Waals surface area contributed by atoms with Crippen molar-refractivity contribution in [1.82, 2.24) is 15.5 Å². The van der Waals surface area contributed by atoms with Crippen LogP contribution in [-0.2, 0) is 20.8 Å². The Morgan fingerprint density at radius 2 is 2.20 bits per heavy atom. The van der Waals surface area contributed by atoms with Crippen LogP contribution in [0.5, 0.6) is 0 Å². The van der Waals surface area contributed by atoms with E-state index in [4.69, 9.17) is 13.9 Å². The molecule has 3 heterocycles. The SMILES string of the molecule is CN=C(NCC(=O)NCc1ccco1)N1CCOC(C2CCCO2)C1. The van der Waals surface area contributed by atoms with Crippen LogP contribution in [0.4, 0.5) is 0 Å². The van der Waals surface area contributed by atoms with Crippen molar-refractivity contribution in [2.75, 3.05) is 39.9 Å². The van der Waals surface area contributed by atoms with Gasteiger partial charge < -0.3 is 29.4 Å². The van der Waals surface area contributed by atoms with Gasteiger partial charge in [-0.3, -0.25) is 9.79 Å². The predicted octanol–water partition coefficient (Wildman–Crippen LogP) is 0.351. The highest BCUT2D eigenvalue weighted by atomic mass is 16.5. The number of amides is 1. The molecule has 8 nitrogen and oxygen atoms in total. The molecule has 0 bridgehead atoms. The van der Waals surface area contributed by atoms with Gasteiger partial charge in [-0.05, 0) is 25.0 Å². The van der Waals surface area contributed by atoms with E-state index in [1.54, 1.807) is 19.4 Å². The average molecular weight is 350 g/mol. The fourth-order valence-corrected chi connectivity index (χ4v) is 3.14. The molecule has 2 aliphatic heterocycles. The summed E-state index contributed by atoms with van der Waals surface area (Å²) in [5, 5.41) is 5.92. The number of carbonyl (C=O) groups excluding carboxylic acids is 1. The third kappa shape index (κ3) is 4.96. The average Bonchev–Trinajstić information content (AvgIpc) is 3.34. The third-order valence-electron chi connectivity index (χ3n) is 4.43. The van der Waals surface area contributed by atoms with E-state index >= 15 is 0 Å². The lowest BCUT2D eigenvalue weighted by molar-refractivity contribution is -0.120. The molecule has 0 aromatic carbocycles. The summed E-state index contributed by atoms with van der Waals surface area (Å²) < 4.78 is 16.8. The molecule has 2 aliphatic rings. The van der Waals surface area contributed by atoms with Crippen molar-refractivity contribution in [1.29, 1.82) is 0 Å². The van der Waals surface area contributed by atoms with E-state index in [9.17, 15) is 4.79 Å². The lowest BCUT2D eigenvalue weighted by atomic mass is 10.1. The van der Waals surface area contributed by atoms with Crippen LogP contribution < -0.4 is 10.6 Å². The molecule has 1 aromatic rings. The standard InChI is InChI=1S/C17H26N4O4/c1-18-17(20-11-16(22)19-10-13-4-2-7-23-13)21-6-9-25-15(12-21)14-5-3-8-24-14/h2,4,7,14-15H,3,5-6,8-12H2,1H3,(H,18,20)(H,19,22). The van der Waals surface area contributed by atoms with Gasteiger partial charge in [-0.1, -0.05) is 0 Å². The van der Waals surface area contributed by atoms with Crippen molar-refractivity contribution in [3.8, 4) is 0 Å². The van der Waals surface area contributed by atoms with Crippen LogP contribution in [-0.4, -0.2) is 68.9 Å². The Bertz CT molecular complexity index is 569. The Kier molecular flexibility index (Phi) is 6.30. The molecule has 1 aromatic heterocycles. The van der Waals surface area contributed by atoms with Gasteiger partial charge >= 0.3 is 0 Å². The van der Waals surface area contributed by atoms with Crippen LogP contribution in [0.1, 0.15) is 18.6 Å². The molecule has 0 radical (unpaired) electrons. The monoisotopic (exact) mass is 350 g/mol. The number of hydrogen-bond donors (Lipinski definition) is 2. The van der Waals surface area contributed by atoms with Gasteiger partial charge in [0.15, 0.2) is 5.96 Å². The van der Waals surface area contributed by atoms with Crippen molar-refractivity contribution >= 4 is 11.9 Å². The molecule has 8 heteroatoms. The van der Waals surface area contributed by atoms with Gasteiger partial charge in [-0.25, -0.2) is 0 Å². The molecular formula is C17H26N4O4. The van der Waals surface area contributed by atoms with E-state index in [0.29, 0.717) is 19.1 Å². The van der Waals surface area contributed by atoms with E-state index in [1.165, 1.54) is 0 Å². The number of carbonyl (C=O) groups is 1. The molecule has 2 fully saturated rings. The zero-order valence-corrected chi connectivity index (χ0v) is 14.6. The van der Waals surface area contributed by atoms with E-state index in [-0.39, 0.29) is 24.7 Å². The van der Waals surface area contributed by atoms with Gasteiger partial charge in [-0.2, -0.15) is 0 Å². The van der Waals surface area contributed by atoms with Crippen molar-refractivity contribution in [2.24, 2.45) is 4.99 Å². The molecule has 1 amide bonds. The molecular weight excluding hydrogens is 324 g/mol. The zero-order valence-electron chi connectivity index (χ0n) is 14.6. The molecule has 0 saturated carbocycles. The third-order valence-corrected chi connectivity index (χ3v) is 4.43. The Hall–Kier alpha value is -2.06. The molecule has 0 aliphatic carbocycles. The van der Waals surface area contributed by atoms with Gasteiger partial charge in [0.05, 0.1) is 32.1 Å². The molecule has 3 rings (SSSR count). The Morgan fingerprint density at radius 3 is 2.92 bits per heavy atom. The molecule has 138 valence electrons. The number of ether oxygens (including phenoxy) is 2. The normalized spacial score (nSPS) is 24.4. The Balaban J connectivity index is 1.44. The Morgan fingerprint density at radius 1 is 1.32 bits per heavy atom. The van der Waals surface area contributed by atoms with Crippen molar-refractivity contribution < 1.29 is 18.7 Å². The van der Waals surface area contributed by atoms with E-state index in [1.807, 2.05) is 6.07 Å².